The first-order chi connectivity index (χ1) is 62.6. The summed E-state index contributed by atoms with van der Waals surface area (Å²) in [6.07, 6.45) is 0.451. The molecule has 8 heteroatoms. The van der Waals surface area contributed by atoms with Gasteiger partial charge in [-0.05, 0) is 290 Å². The molecule has 0 aliphatic rings. The van der Waals surface area contributed by atoms with E-state index in [0.717, 1.165) is 28.2 Å². The minimum atomic E-state index is -0.437. The molecule has 9 aromatic rings. The van der Waals surface area contributed by atoms with Crippen molar-refractivity contribution in [2.24, 2.45) is 0 Å². The molecule has 1 amide bonds. The van der Waals surface area contributed by atoms with E-state index in [0.29, 0.717) is 66.1 Å². The van der Waals surface area contributed by atoms with Crippen molar-refractivity contribution in [3.8, 4) is 0 Å². The van der Waals surface area contributed by atoms with Crippen LogP contribution in [0.15, 0.2) is 158 Å². The summed E-state index contributed by atoms with van der Waals surface area (Å²) in [6, 6.07) is 56.8. The molecular weight excluding hydrogens is 1680 g/mol. The van der Waals surface area contributed by atoms with Crippen molar-refractivity contribution in [1.29, 1.82) is 0 Å². The molecule has 0 unspecified atom stereocenters. The van der Waals surface area contributed by atoms with Crippen molar-refractivity contribution in [2.45, 2.75) is 468 Å². The third kappa shape index (κ3) is 42.4. The Balaban J connectivity index is 0.000000778. The van der Waals surface area contributed by atoms with E-state index >= 15 is 0 Å². The predicted molar refractivity (Wildman–Crippen MR) is 612 cm³/mol. The number of nitrogens with one attached hydrogen (secondary N) is 1. The van der Waals surface area contributed by atoms with Crippen LogP contribution in [0, 0.1) is 34.6 Å². The van der Waals surface area contributed by atoms with E-state index < -0.39 is 6.09 Å². The number of benzene rings is 9. The van der Waals surface area contributed by atoms with Gasteiger partial charge in [-0.1, -0.05) is 462 Å². The number of anilines is 3. The number of hydrogen-bond acceptors (Lipinski definition) is 7. The molecule has 0 heterocycles. The van der Waals surface area contributed by atoms with Gasteiger partial charge in [0.15, 0.2) is 0 Å². The van der Waals surface area contributed by atoms with E-state index in [1.54, 1.807) is 6.92 Å². The van der Waals surface area contributed by atoms with Gasteiger partial charge in [-0.15, -0.1) is 0 Å². The van der Waals surface area contributed by atoms with Crippen LogP contribution in [0.3, 0.4) is 0 Å². The molecule has 0 aromatic heterocycles. The standard InChI is InChI=1S/C16H24O2.C16H24O.C15H23NO2.2C14H23N.3C14H22.C13H20/c1-11(2)13-8-7-12(10-15(17)18-6)9-14(13)16(3,4)5;1-11(2)14-8-7-13(9-12(3)17)10-15(14)16(4,5)6;1-10(2)12-9-11(16-14(17)18-6)7-8-13(12)15(3,4)5;2*1-9(2)11-7-10(3)13(15)8-12(11)14(4,5)6;3*1-10(2)12-8-7-11(3)9-13(12)14(4,5)6;1-10(2)11-8-6-7-9-12(11)13(3,4)5/h7-9,11H,10H2,1-6H3;7-8,10-11H,9H2,1-6H3;7-10H,1-6H3,(H,16,17);2*7-9H,15H2,1-6H3;3*7-10H,1-6H3;6-10H,1-5H3. The Kier molecular flexibility index (Phi) is 49.4. The van der Waals surface area contributed by atoms with Crippen molar-refractivity contribution >= 4 is 34.9 Å². The Bertz CT molecular complexity index is 5060. The summed E-state index contributed by atoms with van der Waals surface area (Å²) in [5.41, 5.74) is 50.4. The Hall–Kier alpha value is -9.01. The Morgan fingerprint density at radius 3 is 0.739 bits per heavy atom. The zero-order chi connectivity index (χ0) is 108. The fourth-order valence-corrected chi connectivity index (χ4v) is 17.1. The third-order valence-electron chi connectivity index (χ3n) is 25.1. The second kappa shape index (κ2) is 53.7. The van der Waals surface area contributed by atoms with Crippen LogP contribution in [0.25, 0.3) is 0 Å². The lowest BCUT2D eigenvalue weighted by Gasteiger charge is -2.26. The van der Waals surface area contributed by atoms with Crippen LogP contribution in [-0.2, 0) is 80.6 Å². The van der Waals surface area contributed by atoms with Crippen LogP contribution in [0.4, 0.5) is 21.9 Å². The van der Waals surface area contributed by atoms with Gasteiger partial charge in [-0.3, -0.25) is 14.9 Å². The number of amides is 1. The highest BCUT2D eigenvalue weighted by Crippen LogP contribution is 2.41. The smallest absolute Gasteiger partial charge is 0.411 e. The fourth-order valence-electron chi connectivity index (χ4n) is 17.1. The summed E-state index contributed by atoms with van der Waals surface area (Å²) in [7, 11) is 2.79. The molecule has 138 heavy (non-hydrogen) atoms. The lowest BCUT2D eigenvalue weighted by Crippen LogP contribution is -2.16. The SMILES string of the molecule is CC(=O)Cc1ccc(C(C)C)c(C(C)(C)C)c1.CC(C)c1ccccc1C(C)(C)C.COC(=O)Cc1ccc(C(C)C)c(C(C)(C)C)c1.COC(=O)Nc1ccc(C(C)(C)C)c(C(C)C)c1.Cc1cc(C(C)C)c(C(C)(C)C)cc1N.Cc1cc(C(C)C)c(C(C)(C)C)cc1N.Cc1ccc(C(C)C)c(C(C)(C)C)c1.Cc1ccc(C(C)C)c(C(C)(C)C)c1.Cc1ccc(C(C)C)c(C(C)(C)C)c1. The minimum Gasteiger partial charge on any atom is -0.469 e. The van der Waals surface area contributed by atoms with Crippen LogP contribution in [0.5, 0.6) is 0 Å². The van der Waals surface area contributed by atoms with E-state index in [4.69, 9.17) is 16.2 Å². The van der Waals surface area contributed by atoms with Gasteiger partial charge in [0.2, 0.25) is 0 Å². The van der Waals surface area contributed by atoms with Crippen molar-refractivity contribution in [2.75, 3.05) is 31.0 Å². The van der Waals surface area contributed by atoms with Gasteiger partial charge in [0.1, 0.15) is 5.78 Å². The fraction of sp³-hybridized carbons (Fsp3) is 0.562. The summed E-state index contributed by atoms with van der Waals surface area (Å²) in [4.78, 5) is 33.7. The summed E-state index contributed by atoms with van der Waals surface area (Å²) in [5.74, 6) is 5.04. The van der Waals surface area contributed by atoms with Gasteiger partial charge >= 0.3 is 12.1 Å². The Labute approximate surface area is 849 Å². The maximum absolute atomic E-state index is 11.3. The third-order valence-corrected chi connectivity index (χ3v) is 25.1. The monoisotopic (exact) mass is 1890 g/mol. The Morgan fingerprint density at radius 1 is 0.261 bits per heavy atom. The number of ketones is 1. The quantitative estimate of drug-likeness (QED) is 0.0729. The molecule has 0 fully saturated rings. The van der Waals surface area contributed by atoms with Gasteiger partial charge in [0, 0.05) is 23.5 Å². The number of esters is 1. The van der Waals surface area contributed by atoms with Crippen LogP contribution < -0.4 is 16.8 Å². The molecule has 9 aromatic carbocycles. The Morgan fingerprint density at radius 2 is 0.493 bits per heavy atom. The topological polar surface area (TPSA) is 134 Å². The molecule has 0 aliphatic heterocycles. The van der Waals surface area contributed by atoms with E-state index in [2.05, 4.69) is 496 Å². The number of hydrogen-bond donors (Lipinski definition) is 3. The summed E-state index contributed by atoms with van der Waals surface area (Å²) in [6.45, 7) is 113. The summed E-state index contributed by atoms with van der Waals surface area (Å²) in [5, 5.41) is 2.70. The van der Waals surface area contributed by atoms with Gasteiger partial charge in [-0.2, -0.15) is 0 Å². The first-order valence-corrected chi connectivity index (χ1v) is 51.6. The van der Waals surface area contributed by atoms with Crippen LogP contribution in [0.2, 0.25) is 0 Å². The second-order valence-electron chi connectivity index (χ2n) is 51.0. The molecule has 0 spiro atoms. The normalized spacial score (nSPS) is 12.0. The van der Waals surface area contributed by atoms with Crippen molar-refractivity contribution in [3.63, 3.8) is 0 Å². The molecule has 0 atom stereocenters. The van der Waals surface area contributed by atoms with Crippen LogP contribution >= 0.6 is 0 Å². The minimum absolute atomic E-state index is 0.0890. The van der Waals surface area contributed by atoms with Gasteiger partial charge in [0.05, 0.1) is 20.6 Å². The molecule has 9 rings (SSSR count). The summed E-state index contributed by atoms with van der Waals surface area (Å²) >= 11 is 0. The molecule has 5 N–H and O–H groups in total. The summed E-state index contributed by atoms with van der Waals surface area (Å²) < 4.78 is 9.32. The number of methoxy groups -OCH3 is 2. The van der Waals surface area contributed by atoms with Crippen LogP contribution in [0.1, 0.15) is 511 Å². The lowest BCUT2D eigenvalue weighted by molar-refractivity contribution is -0.139. The van der Waals surface area contributed by atoms with Crippen molar-refractivity contribution in [1.82, 2.24) is 0 Å². The van der Waals surface area contributed by atoms with E-state index in [1.165, 1.54) is 142 Å². The molecule has 0 aliphatic carbocycles. The molecule has 0 saturated carbocycles. The van der Waals surface area contributed by atoms with Crippen molar-refractivity contribution in [3.05, 3.63) is 297 Å². The first kappa shape index (κ1) is 127. The molecular formula is C130H203N3O5. The number of rotatable bonds is 14. The molecule has 0 radical (unpaired) electrons. The van der Waals surface area contributed by atoms with Gasteiger partial charge < -0.3 is 20.9 Å². The lowest BCUT2D eigenvalue weighted by atomic mass is 9.79. The first-order valence-electron chi connectivity index (χ1n) is 51.6. The number of nitrogens with two attached hydrogens (primary N) is 2. The highest BCUT2D eigenvalue weighted by Gasteiger charge is 2.29. The van der Waals surface area contributed by atoms with Crippen LogP contribution in [-0.4, -0.2) is 32.1 Å². The number of Topliss-reactive ketones (excluding diaryl/α,β-unsaturated/α-hetero) is 1. The second-order valence-corrected chi connectivity index (χ2v) is 51.0. The number of nitrogen functional groups attached to an aromatic ring is 2. The molecule has 768 valence electrons. The predicted octanol–water partition coefficient (Wildman–Crippen LogP) is 37.7. The maximum Gasteiger partial charge on any atom is 0.411 e. The largest absolute Gasteiger partial charge is 0.469 e. The number of carbonyl (C=O) groups is 3. The average Bonchev–Trinajstić information content (AvgIpc) is 0.798. The zero-order valence-electron chi connectivity index (χ0n) is 98.3. The average molecular weight is 1890 g/mol. The van der Waals surface area contributed by atoms with E-state index in [1.807, 2.05) is 18.2 Å². The zero-order valence-corrected chi connectivity index (χ0v) is 98.3. The molecule has 0 saturated heterocycles. The maximum atomic E-state index is 11.3. The van der Waals surface area contributed by atoms with Gasteiger partial charge in [-0.25, -0.2) is 4.79 Å². The number of ether oxygens (including phenoxy) is 2. The van der Waals surface area contributed by atoms with E-state index in [-0.39, 0.29) is 60.5 Å². The number of carbonyl (C=O) groups excluding carboxylic acids is 3. The van der Waals surface area contributed by atoms with Gasteiger partial charge in [0.25, 0.3) is 0 Å². The molecule has 0 bridgehead atoms. The highest BCUT2D eigenvalue weighted by atomic mass is 16.5. The van der Waals surface area contributed by atoms with E-state index in [9.17, 15) is 14.4 Å². The molecule has 8 nitrogen and oxygen atoms in total. The number of aryl methyl sites for hydroxylation is 5. The van der Waals surface area contributed by atoms with Crippen molar-refractivity contribution < 1.29 is 23.9 Å². The highest BCUT2D eigenvalue weighted by molar-refractivity contribution is 5.85.